The summed E-state index contributed by atoms with van der Waals surface area (Å²) in [7, 11) is 0. The SMILES string of the molecule is CCOC(=O)C1CCCN(Cc2nccn2CC)C1. The molecule has 0 N–H and O–H groups in total. The van der Waals surface area contributed by atoms with Crippen LogP contribution in [-0.2, 0) is 22.6 Å². The predicted molar refractivity (Wildman–Crippen MR) is 72.5 cm³/mol. The van der Waals surface area contributed by atoms with Gasteiger partial charge >= 0.3 is 5.97 Å². The van der Waals surface area contributed by atoms with Gasteiger partial charge in [-0.3, -0.25) is 9.69 Å². The van der Waals surface area contributed by atoms with Crippen LogP contribution in [0.15, 0.2) is 12.4 Å². The van der Waals surface area contributed by atoms with Crippen molar-refractivity contribution in [1.29, 1.82) is 0 Å². The zero-order valence-electron chi connectivity index (χ0n) is 11.8. The van der Waals surface area contributed by atoms with Crippen molar-refractivity contribution in [3.05, 3.63) is 18.2 Å². The molecule has 1 aliphatic rings. The van der Waals surface area contributed by atoms with Crippen molar-refractivity contribution in [3.8, 4) is 0 Å². The number of aromatic nitrogens is 2. The Morgan fingerprint density at radius 3 is 3.11 bits per heavy atom. The molecule has 2 rings (SSSR count). The van der Waals surface area contributed by atoms with Crippen LogP contribution in [0.5, 0.6) is 0 Å². The van der Waals surface area contributed by atoms with Gasteiger partial charge in [-0.05, 0) is 33.2 Å². The number of nitrogens with zero attached hydrogens (tertiary/aromatic N) is 3. The Bertz CT molecular complexity index is 417. The maximum Gasteiger partial charge on any atom is 0.310 e. The van der Waals surface area contributed by atoms with E-state index in [9.17, 15) is 4.79 Å². The summed E-state index contributed by atoms with van der Waals surface area (Å²) in [5, 5.41) is 0. The highest BCUT2D eigenvalue weighted by Gasteiger charge is 2.27. The van der Waals surface area contributed by atoms with E-state index in [-0.39, 0.29) is 11.9 Å². The molecule has 1 aromatic rings. The van der Waals surface area contributed by atoms with E-state index >= 15 is 0 Å². The number of piperidine rings is 1. The first kappa shape index (κ1) is 14.1. The van der Waals surface area contributed by atoms with E-state index in [0.29, 0.717) is 6.61 Å². The molecule has 0 amide bonds. The van der Waals surface area contributed by atoms with Gasteiger partial charge in [0.2, 0.25) is 0 Å². The van der Waals surface area contributed by atoms with Crippen molar-refractivity contribution < 1.29 is 9.53 Å². The van der Waals surface area contributed by atoms with Crippen molar-refractivity contribution in [3.63, 3.8) is 0 Å². The molecule has 0 aromatic carbocycles. The van der Waals surface area contributed by atoms with Crippen molar-refractivity contribution in [2.75, 3.05) is 19.7 Å². The summed E-state index contributed by atoms with van der Waals surface area (Å²) in [6.07, 6.45) is 5.83. The molecular weight excluding hydrogens is 242 g/mol. The minimum absolute atomic E-state index is 0.0266. The van der Waals surface area contributed by atoms with Gasteiger partial charge in [0.25, 0.3) is 0 Å². The lowest BCUT2D eigenvalue weighted by Gasteiger charge is -2.31. The second-order valence-corrected chi connectivity index (χ2v) is 4.96. The number of rotatable bonds is 5. The van der Waals surface area contributed by atoms with Crippen molar-refractivity contribution in [2.45, 2.75) is 39.8 Å². The quantitative estimate of drug-likeness (QED) is 0.760. The highest BCUT2D eigenvalue weighted by atomic mass is 16.5. The van der Waals surface area contributed by atoms with Crippen LogP contribution in [-0.4, -0.2) is 40.1 Å². The smallest absolute Gasteiger partial charge is 0.310 e. The Morgan fingerprint density at radius 2 is 2.37 bits per heavy atom. The third-order valence-electron chi connectivity index (χ3n) is 3.63. The van der Waals surface area contributed by atoms with Gasteiger partial charge in [-0.25, -0.2) is 4.98 Å². The molecule has 0 aliphatic carbocycles. The fourth-order valence-corrected chi connectivity index (χ4v) is 2.63. The molecule has 1 fully saturated rings. The fraction of sp³-hybridized carbons (Fsp3) is 0.714. The summed E-state index contributed by atoms with van der Waals surface area (Å²) in [5.74, 6) is 1.05. The van der Waals surface area contributed by atoms with E-state index in [1.165, 1.54) is 0 Å². The van der Waals surface area contributed by atoms with Gasteiger partial charge in [0, 0.05) is 25.5 Å². The van der Waals surface area contributed by atoms with Crippen LogP contribution in [0.1, 0.15) is 32.5 Å². The number of imidazole rings is 1. The monoisotopic (exact) mass is 265 g/mol. The van der Waals surface area contributed by atoms with E-state index in [1.807, 2.05) is 19.3 Å². The topological polar surface area (TPSA) is 47.4 Å². The molecule has 0 radical (unpaired) electrons. The molecule has 1 saturated heterocycles. The van der Waals surface area contributed by atoms with E-state index in [4.69, 9.17) is 4.74 Å². The minimum atomic E-state index is -0.0500. The molecular formula is C14H23N3O2. The molecule has 19 heavy (non-hydrogen) atoms. The normalized spacial score (nSPS) is 20.4. The Morgan fingerprint density at radius 1 is 1.53 bits per heavy atom. The van der Waals surface area contributed by atoms with Crippen LogP contribution in [0.25, 0.3) is 0 Å². The standard InChI is InChI=1S/C14H23N3O2/c1-3-17-9-7-15-13(17)11-16-8-5-6-12(10-16)14(18)19-4-2/h7,9,12H,3-6,8,10-11H2,1-2H3. The zero-order chi connectivity index (χ0) is 13.7. The lowest BCUT2D eigenvalue weighted by atomic mass is 9.98. The van der Waals surface area contributed by atoms with Crippen molar-refractivity contribution in [1.82, 2.24) is 14.5 Å². The summed E-state index contributed by atoms with van der Waals surface area (Å²) in [6, 6.07) is 0. The van der Waals surface area contributed by atoms with E-state index in [2.05, 4.69) is 21.4 Å². The molecule has 0 saturated carbocycles. The molecule has 1 aromatic heterocycles. The molecule has 1 unspecified atom stereocenters. The Balaban J connectivity index is 1.92. The second kappa shape index (κ2) is 6.70. The number of esters is 1. The summed E-state index contributed by atoms with van der Waals surface area (Å²) in [5.41, 5.74) is 0. The number of carbonyl (C=O) groups is 1. The molecule has 106 valence electrons. The van der Waals surface area contributed by atoms with Gasteiger partial charge < -0.3 is 9.30 Å². The summed E-state index contributed by atoms with van der Waals surface area (Å²) in [4.78, 5) is 18.5. The number of aryl methyl sites for hydroxylation is 1. The maximum atomic E-state index is 11.8. The third kappa shape index (κ3) is 3.56. The fourth-order valence-electron chi connectivity index (χ4n) is 2.63. The first-order valence-electron chi connectivity index (χ1n) is 7.13. The van der Waals surface area contributed by atoms with Crippen molar-refractivity contribution in [2.24, 2.45) is 5.92 Å². The van der Waals surface area contributed by atoms with Gasteiger partial charge in [-0.15, -0.1) is 0 Å². The molecule has 1 atom stereocenters. The summed E-state index contributed by atoms with van der Waals surface area (Å²) < 4.78 is 7.27. The van der Waals surface area contributed by atoms with Crippen LogP contribution in [0, 0.1) is 5.92 Å². The van der Waals surface area contributed by atoms with Gasteiger partial charge in [0.15, 0.2) is 0 Å². The van der Waals surface area contributed by atoms with E-state index < -0.39 is 0 Å². The lowest BCUT2D eigenvalue weighted by Crippen LogP contribution is -2.39. The van der Waals surface area contributed by atoms with Crippen LogP contribution < -0.4 is 0 Å². The van der Waals surface area contributed by atoms with Crippen LogP contribution in [0.4, 0.5) is 0 Å². The second-order valence-electron chi connectivity index (χ2n) is 4.96. The number of hydrogen-bond donors (Lipinski definition) is 0. The van der Waals surface area contributed by atoms with Gasteiger partial charge in [-0.1, -0.05) is 0 Å². The number of carbonyl (C=O) groups excluding carboxylic acids is 1. The molecule has 1 aliphatic heterocycles. The first-order valence-corrected chi connectivity index (χ1v) is 7.13. The number of ether oxygens (including phenoxy) is 1. The third-order valence-corrected chi connectivity index (χ3v) is 3.63. The average molecular weight is 265 g/mol. The van der Waals surface area contributed by atoms with E-state index in [1.54, 1.807) is 0 Å². The van der Waals surface area contributed by atoms with Gasteiger partial charge in [0.1, 0.15) is 5.82 Å². The van der Waals surface area contributed by atoms with E-state index in [0.717, 1.165) is 44.8 Å². The van der Waals surface area contributed by atoms with Gasteiger partial charge in [0.05, 0.1) is 19.1 Å². The van der Waals surface area contributed by atoms with Gasteiger partial charge in [-0.2, -0.15) is 0 Å². The first-order chi connectivity index (χ1) is 9.24. The molecule has 2 heterocycles. The minimum Gasteiger partial charge on any atom is -0.466 e. The largest absolute Gasteiger partial charge is 0.466 e. The summed E-state index contributed by atoms with van der Waals surface area (Å²) >= 11 is 0. The Labute approximate surface area is 114 Å². The lowest BCUT2D eigenvalue weighted by molar-refractivity contribution is -0.150. The molecule has 0 bridgehead atoms. The Kier molecular flexibility index (Phi) is 4.96. The number of likely N-dealkylation sites (tertiary alicyclic amines) is 1. The summed E-state index contributed by atoms with van der Waals surface area (Å²) in [6.45, 7) is 8.01. The van der Waals surface area contributed by atoms with Crippen LogP contribution in [0.2, 0.25) is 0 Å². The average Bonchev–Trinajstić information content (AvgIpc) is 2.86. The highest BCUT2D eigenvalue weighted by Crippen LogP contribution is 2.19. The predicted octanol–water partition coefficient (Wildman–Crippen LogP) is 1.68. The molecule has 5 heteroatoms. The Hall–Kier alpha value is -1.36. The highest BCUT2D eigenvalue weighted by molar-refractivity contribution is 5.72. The molecule has 5 nitrogen and oxygen atoms in total. The zero-order valence-corrected chi connectivity index (χ0v) is 11.8. The molecule has 0 spiro atoms. The number of hydrogen-bond acceptors (Lipinski definition) is 4. The van der Waals surface area contributed by atoms with Crippen LogP contribution >= 0.6 is 0 Å². The van der Waals surface area contributed by atoms with Crippen LogP contribution in [0.3, 0.4) is 0 Å². The van der Waals surface area contributed by atoms with Crippen molar-refractivity contribution >= 4 is 5.97 Å². The maximum absolute atomic E-state index is 11.8.